The number of H-pyrrole nitrogens is 1. The van der Waals surface area contributed by atoms with Crippen molar-refractivity contribution in [1.82, 2.24) is 29.8 Å². The molecule has 0 fully saturated rings. The normalized spacial score (nSPS) is 13.7. The highest BCUT2D eigenvalue weighted by Gasteiger charge is 2.18. The predicted octanol–water partition coefficient (Wildman–Crippen LogP) is 4.29. The quantitative estimate of drug-likeness (QED) is 0.269. The van der Waals surface area contributed by atoms with Crippen molar-refractivity contribution in [2.45, 2.75) is 13.0 Å². The van der Waals surface area contributed by atoms with Crippen LogP contribution in [0.5, 0.6) is 0 Å². The lowest BCUT2D eigenvalue weighted by Crippen LogP contribution is -2.27. The van der Waals surface area contributed by atoms with Gasteiger partial charge in [-0.3, -0.25) is 4.31 Å². The number of fused-ring (bicyclic) bond motifs is 2. The molecule has 0 spiro atoms. The molecule has 12 heteroatoms. The molecule has 1 aromatic carbocycles. The predicted molar refractivity (Wildman–Crippen MR) is 158 cm³/mol. The highest BCUT2D eigenvalue weighted by atomic mass is 35.5. The van der Waals surface area contributed by atoms with Crippen molar-refractivity contribution in [3.63, 3.8) is 0 Å². The van der Waals surface area contributed by atoms with Crippen LogP contribution in [0.15, 0.2) is 67.3 Å². The molecule has 202 valence electrons. The number of sulfonamides is 1. The third-order valence-electron chi connectivity index (χ3n) is 6.85. The number of hydrogen-bond donors (Lipinski definition) is 3. The van der Waals surface area contributed by atoms with Crippen LogP contribution in [-0.4, -0.2) is 59.3 Å². The standard InChI is InChI=1S/C27H28N8O2S.ClH/c1-34(38(2,36)37)25-20(4-3-10-29-25)17-35-13-9-19-15-31-27(33-26(19)35)32-21-5-6-24-22(14-21)23(16-30-24)18-7-11-28-12-8-18;/h3-7,9-10,13-16,28,30H,8,11-12,17H2,1-2H3,(H,31,32,33);1H. The van der Waals surface area contributed by atoms with Gasteiger partial charge in [0.1, 0.15) is 11.5 Å². The van der Waals surface area contributed by atoms with Crippen LogP contribution in [0.2, 0.25) is 0 Å². The van der Waals surface area contributed by atoms with Crippen molar-refractivity contribution in [2.75, 3.05) is 36.0 Å². The van der Waals surface area contributed by atoms with E-state index in [2.05, 4.69) is 50.0 Å². The first-order chi connectivity index (χ1) is 18.4. The van der Waals surface area contributed by atoms with Gasteiger partial charge >= 0.3 is 0 Å². The second-order valence-corrected chi connectivity index (χ2v) is 11.4. The number of aromatic nitrogens is 5. The van der Waals surface area contributed by atoms with E-state index in [4.69, 9.17) is 4.98 Å². The average Bonchev–Trinajstić information content (AvgIpc) is 3.52. The molecule has 1 aliphatic heterocycles. The molecule has 0 aliphatic carbocycles. The summed E-state index contributed by atoms with van der Waals surface area (Å²) in [6.07, 6.45) is 11.8. The van der Waals surface area contributed by atoms with Gasteiger partial charge in [-0.05, 0) is 48.9 Å². The molecule has 0 bridgehead atoms. The Bertz CT molecular complexity index is 1790. The first-order valence-electron chi connectivity index (χ1n) is 12.3. The lowest BCUT2D eigenvalue weighted by Gasteiger charge is -2.19. The van der Waals surface area contributed by atoms with E-state index in [0.29, 0.717) is 18.3 Å². The maximum atomic E-state index is 12.1. The van der Waals surface area contributed by atoms with Gasteiger partial charge in [-0.2, -0.15) is 4.98 Å². The maximum Gasteiger partial charge on any atom is 0.233 e. The zero-order valence-electron chi connectivity index (χ0n) is 21.5. The molecule has 6 rings (SSSR count). The van der Waals surface area contributed by atoms with Gasteiger partial charge < -0.3 is 20.2 Å². The summed E-state index contributed by atoms with van der Waals surface area (Å²) in [5.74, 6) is 0.873. The van der Waals surface area contributed by atoms with Gasteiger partial charge in [-0.15, -0.1) is 12.4 Å². The van der Waals surface area contributed by atoms with E-state index in [-0.39, 0.29) is 12.4 Å². The Kier molecular flexibility index (Phi) is 7.30. The number of aromatic amines is 1. The smallest absolute Gasteiger partial charge is 0.233 e. The Balaban J connectivity index is 0.00000308. The summed E-state index contributed by atoms with van der Waals surface area (Å²) in [4.78, 5) is 17.0. The minimum Gasteiger partial charge on any atom is -0.361 e. The van der Waals surface area contributed by atoms with Gasteiger partial charge in [-0.1, -0.05) is 12.1 Å². The van der Waals surface area contributed by atoms with Gasteiger partial charge in [0, 0.05) is 71.5 Å². The lowest BCUT2D eigenvalue weighted by molar-refractivity contribution is 0.599. The molecular formula is C27H29ClN8O2S. The van der Waals surface area contributed by atoms with Crippen LogP contribution >= 0.6 is 12.4 Å². The molecule has 0 radical (unpaired) electrons. The average molecular weight is 565 g/mol. The third kappa shape index (κ3) is 5.33. The largest absolute Gasteiger partial charge is 0.361 e. The Morgan fingerprint density at radius 1 is 1.18 bits per heavy atom. The number of halogens is 1. The van der Waals surface area contributed by atoms with E-state index in [1.807, 2.05) is 29.0 Å². The zero-order chi connectivity index (χ0) is 26.3. The number of rotatable bonds is 7. The number of benzene rings is 1. The number of anilines is 3. The van der Waals surface area contributed by atoms with Crippen molar-refractivity contribution in [3.05, 3.63) is 78.4 Å². The van der Waals surface area contributed by atoms with Gasteiger partial charge in [0.15, 0.2) is 0 Å². The van der Waals surface area contributed by atoms with E-state index in [1.165, 1.54) is 28.7 Å². The van der Waals surface area contributed by atoms with E-state index in [9.17, 15) is 8.42 Å². The molecule has 4 aromatic heterocycles. The zero-order valence-corrected chi connectivity index (χ0v) is 23.2. The first kappa shape index (κ1) is 26.7. The monoisotopic (exact) mass is 564 g/mol. The summed E-state index contributed by atoms with van der Waals surface area (Å²) in [5.41, 5.74) is 6.06. The Hall–Kier alpha value is -3.93. The van der Waals surface area contributed by atoms with Crippen LogP contribution in [0.25, 0.3) is 27.5 Å². The second-order valence-electron chi connectivity index (χ2n) is 9.40. The van der Waals surface area contributed by atoms with Crippen molar-refractivity contribution in [2.24, 2.45) is 0 Å². The second kappa shape index (κ2) is 10.7. The summed E-state index contributed by atoms with van der Waals surface area (Å²) < 4.78 is 27.4. The highest BCUT2D eigenvalue weighted by Crippen LogP contribution is 2.31. The molecule has 39 heavy (non-hydrogen) atoms. The van der Waals surface area contributed by atoms with E-state index >= 15 is 0 Å². The van der Waals surface area contributed by atoms with Crippen molar-refractivity contribution < 1.29 is 8.42 Å². The Labute approximate surface area is 232 Å². The SMILES string of the molecule is CN(c1ncccc1Cn1ccc2cnc(Nc3ccc4[nH]cc(C5=CCNCC5)c4c3)nc21)S(C)(=O)=O.Cl. The molecule has 0 saturated heterocycles. The van der Waals surface area contributed by atoms with E-state index < -0.39 is 10.0 Å². The van der Waals surface area contributed by atoms with Crippen LogP contribution in [0.3, 0.4) is 0 Å². The summed E-state index contributed by atoms with van der Waals surface area (Å²) >= 11 is 0. The fourth-order valence-electron chi connectivity index (χ4n) is 4.80. The Morgan fingerprint density at radius 2 is 2.05 bits per heavy atom. The molecule has 1 aliphatic rings. The van der Waals surface area contributed by atoms with Crippen LogP contribution in [0.4, 0.5) is 17.5 Å². The summed E-state index contributed by atoms with van der Waals surface area (Å²) in [6, 6.07) is 11.8. The maximum absolute atomic E-state index is 12.1. The molecule has 5 heterocycles. The fraction of sp³-hybridized carbons (Fsp3) is 0.222. The molecule has 0 amide bonds. The van der Waals surface area contributed by atoms with Crippen molar-refractivity contribution >= 4 is 67.4 Å². The number of nitrogens with one attached hydrogen (secondary N) is 3. The third-order valence-corrected chi connectivity index (χ3v) is 8.02. The molecule has 10 nitrogen and oxygen atoms in total. The number of pyridine rings is 1. The minimum atomic E-state index is -3.45. The summed E-state index contributed by atoms with van der Waals surface area (Å²) in [7, 11) is -1.94. The van der Waals surface area contributed by atoms with Crippen LogP contribution in [-0.2, 0) is 16.6 Å². The summed E-state index contributed by atoms with van der Waals surface area (Å²) in [6.45, 7) is 2.28. The van der Waals surface area contributed by atoms with Crippen LogP contribution in [0.1, 0.15) is 17.5 Å². The number of nitrogens with zero attached hydrogens (tertiary/aromatic N) is 5. The van der Waals surface area contributed by atoms with Gasteiger partial charge in [0.05, 0.1) is 12.8 Å². The molecule has 3 N–H and O–H groups in total. The van der Waals surface area contributed by atoms with Crippen molar-refractivity contribution in [1.29, 1.82) is 0 Å². The topological polar surface area (TPSA) is 121 Å². The lowest BCUT2D eigenvalue weighted by atomic mass is 9.99. The molecule has 0 atom stereocenters. The van der Waals surface area contributed by atoms with Crippen LogP contribution < -0.4 is 14.9 Å². The molecular weight excluding hydrogens is 536 g/mol. The molecule has 0 saturated carbocycles. The first-order valence-corrected chi connectivity index (χ1v) is 14.2. The Morgan fingerprint density at radius 3 is 2.85 bits per heavy atom. The van der Waals surface area contributed by atoms with Crippen molar-refractivity contribution in [3.8, 4) is 0 Å². The van der Waals surface area contributed by atoms with E-state index in [1.54, 1.807) is 18.5 Å². The van der Waals surface area contributed by atoms with Gasteiger partial charge in [-0.25, -0.2) is 18.4 Å². The summed E-state index contributed by atoms with van der Waals surface area (Å²) in [5, 5.41) is 8.77. The number of hydrogen-bond acceptors (Lipinski definition) is 7. The highest BCUT2D eigenvalue weighted by molar-refractivity contribution is 7.92. The minimum absolute atomic E-state index is 0. The van der Waals surface area contributed by atoms with Crippen LogP contribution in [0, 0.1) is 0 Å². The fourth-order valence-corrected chi connectivity index (χ4v) is 5.28. The van der Waals surface area contributed by atoms with Gasteiger partial charge in [0.2, 0.25) is 16.0 Å². The van der Waals surface area contributed by atoms with Gasteiger partial charge in [0.25, 0.3) is 0 Å². The molecule has 0 unspecified atom stereocenters. The van der Waals surface area contributed by atoms with E-state index in [0.717, 1.165) is 52.7 Å². The molecule has 5 aromatic rings.